The lowest BCUT2D eigenvalue weighted by Gasteiger charge is -2.16. The summed E-state index contributed by atoms with van der Waals surface area (Å²) in [6.07, 6.45) is 6.76. The molecule has 2 aromatic carbocycles. The zero-order valence-electron chi connectivity index (χ0n) is 22.8. The number of hydrogen-bond donors (Lipinski definition) is 0. The van der Waals surface area contributed by atoms with E-state index in [0.717, 1.165) is 82.7 Å². The number of unbranched alkanes of at least 4 members (excludes halogenated alkanes) is 1. The highest BCUT2D eigenvalue weighted by atomic mass is 19.1. The van der Waals surface area contributed by atoms with Gasteiger partial charge < -0.3 is 18.8 Å². The quantitative estimate of drug-likeness (QED) is 0.225. The molecular formula is C30H39FN4O2. The van der Waals surface area contributed by atoms with Crippen molar-refractivity contribution in [1.82, 2.24) is 19.0 Å². The minimum absolute atomic E-state index is 0.500. The topological polar surface area (TPSA) is 52.3 Å². The molecule has 2 heterocycles. The van der Waals surface area contributed by atoms with Crippen LogP contribution in [0.2, 0.25) is 0 Å². The van der Waals surface area contributed by atoms with E-state index in [1.165, 1.54) is 25.7 Å². The Morgan fingerprint density at radius 1 is 1.19 bits per heavy atom. The van der Waals surface area contributed by atoms with Crippen LogP contribution < -0.4 is 4.74 Å². The summed E-state index contributed by atoms with van der Waals surface area (Å²) in [5, 5.41) is 1.16. The summed E-state index contributed by atoms with van der Waals surface area (Å²) in [6.45, 7) is 5.20. The van der Waals surface area contributed by atoms with E-state index in [9.17, 15) is 9.18 Å². The van der Waals surface area contributed by atoms with Crippen LogP contribution in [-0.2, 0) is 20.0 Å². The Hall–Kier alpha value is -3.19. The maximum Gasteiger partial charge on any atom is 0.157 e. The summed E-state index contributed by atoms with van der Waals surface area (Å²) in [6, 6.07) is 12.6. The first kappa shape index (κ1) is 26.9. The van der Waals surface area contributed by atoms with Gasteiger partial charge in [-0.25, -0.2) is 4.98 Å². The molecule has 0 N–H and O–H groups in total. The average Bonchev–Trinajstić information content (AvgIpc) is 3.60. The molecule has 4 aromatic rings. The first-order valence-corrected chi connectivity index (χ1v) is 13.2. The zero-order chi connectivity index (χ0) is 26.5. The first-order valence-electron chi connectivity index (χ1n) is 13.2. The van der Waals surface area contributed by atoms with Crippen LogP contribution in [-0.4, -0.2) is 59.7 Å². The summed E-state index contributed by atoms with van der Waals surface area (Å²) in [5.41, 5.74) is 5.99. The van der Waals surface area contributed by atoms with Gasteiger partial charge in [0.2, 0.25) is 0 Å². The van der Waals surface area contributed by atoms with E-state index < -0.39 is 0 Å². The molecule has 0 atom stereocenters. The van der Waals surface area contributed by atoms with Gasteiger partial charge in [0.25, 0.3) is 0 Å². The van der Waals surface area contributed by atoms with Crippen LogP contribution in [0.3, 0.4) is 0 Å². The largest absolute Gasteiger partial charge is 0.495 e. The van der Waals surface area contributed by atoms with Crippen molar-refractivity contribution >= 4 is 28.2 Å². The number of halogens is 1. The predicted molar refractivity (Wildman–Crippen MR) is 149 cm³/mol. The zero-order valence-corrected chi connectivity index (χ0v) is 22.8. The lowest BCUT2D eigenvalue weighted by atomic mass is 10.0. The highest BCUT2D eigenvalue weighted by Crippen LogP contribution is 2.39. The van der Waals surface area contributed by atoms with Crippen molar-refractivity contribution in [1.29, 1.82) is 0 Å². The number of fused-ring (bicyclic) bond motifs is 2. The van der Waals surface area contributed by atoms with Crippen molar-refractivity contribution in [3.05, 3.63) is 47.5 Å². The second kappa shape index (κ2) is 11.9. The number of alkyl halides is 1. The van der Waals surface area contributed by atoms with Crippen LogP contribution in [0.15, 0.2) is 36.4 Å². The molecule has 2 aromatic heterocycles. The number of nitrogens with zero attached hydrogens (tertiary/aromatic N) is 4. The van der Waals surface area contributed by atoms with Gasteiger partial charge in [-0.3, -0.25) is 9.18 Å². The summed E-state index contributed by atoms with van der Waals surface area (Å²) in [7, 11) is 6.48. The maximum absolute atomic E-state index is 12.0. The van der Waals surface area contributed by atoms with E-state index >= 15 is 0 Å². The molecule has 0 spiro atoms. The number of aromatic nitrogens is 3. The molecule has 0 aliphatic heterocycles. The van der Waals surface area contributed by atoms with E-state index in [0.29, 0.717) is 13.1 Å². The molecule has 37 heavy (non-hydrogen) atoms. The number of methoxy groups -OCH3 is 1. The maximum atomic E-state index is 12.0. The van der Waals surface area contributed by atoms with Crippen molar-refractivity contribution in [2.24, 2.45) is 13.0 Å². The molecule has 6 nitrogen and oxygen atoms in total. The number of aldehydes is 1. The van der Waals surface area contributed by atoms with E-state index in [-0.39, 0.29) is 0 Å². The van der Waals surface area contributed by atoms with Gasteiger partial charge in [0.1, 0.15) is 12.0 Å². The number of imidazole rings is 1. The van der Waals surface area contributed by atoms with Crippen molar-refractivity contribution in [2.75, 3.05) is 34.4 Å². The number of benzene rings is 2. The van der Waals surface area contributed by atoms with Gasteiger partial charge in [0.05, 0.1) is 36.5 Å². The Bertz CT molecular complexity index is 1370. The Morgan fingerprint density at radius 2 is 1.97 bits per heavy atom. The van der Waals surface area contributed by atoms with Crippen LogP contribution in [0.25, 0.3) is 33.5 Å². The summed E-state index contributed by atoms with van der Waals surface area (Å²) in [4.78, 5) is 19.3. The third-order valence-electron chi connectivity index (χ3n) is 7.39. The van der Waals surface area contributed by atoms with Gasteiger partial charge in [-0.2, -0.15) is 0 Å². The Balaban J connectivity index is 0.00000156. The van der Waals surface area contributed by atoms with Gasteiger partial charge in [0, 0.05) is 31.1 Å². The van der Waals surface area contributed by atoms with Crippen molar-refractivity contribution in [2.45, 2.75) is 45.6 Å². The SMILES string of the molecule is CCCCN(C)CCc1cc2c(cc1C=O)nc(-c1cc3cccc(OC)c3n1CC1CC1)n2C.CF. The Kier molecular flexibility index (Phi) is 8.64. The number of carbonyl (C=O) groups is 1. The molecule has 1 aliphatic carbocycles. The number of para-hydroxylation sites is 1. The van der Waals surface area contributed by atoms with E-state index in [2.05, 4.69) is 53.3 Å². The van der Waals surface area contributed by atoms with Crippen LogP contribution in [0, 0.1) is 5.92 Å². The number of carbonyl (C=O) groups excluding carboxylic acids is 1. The fourth-order valence-electron chi connectivity index (χ4n) is 5.09. The van der Waals surface area contributed by atoms with Gasteiger partial charge in [0.15, 0.2) is 5.82 Å². The van der Waals surface area contributed by atoms with Crippen LogP contribution in [0.5, 0.6) is 5.75 Å². The minimum Gasteiger partial charge on any atom is -0.495 e. The fourth-order valence-corrected chi connectivity index (χ4v) is 5.09. The molecule has 1 saturated carbocycles. The Morgan fingerprint density at radius 3 is 2.65 bits per heavy atom. The molecular weight excluding hydrogens is 467 g/mol. The van der Waals surface area contributed by atoms with Gasteiger partial charge in [-0.1, -0.05) is 25.5 Å². The second-order valence-corrected chi connectivity index (χ2v) is 10.0. The third kappa shape index (κ3) is 5.57. The number of hydrogen-bond acceptors (Lipinski definition) is 4. The first-order chi connectivity index (χ1) is 18.0. The Labute approximate surface area is 219 Å². The lowest BCUT2D eigenvalue weighted by molar-refractivity contribution is 0.112. The third-order valence-corrected chi connectivity index (χ3v) is 7.39. The molecule has 0 unspecified atom stereocenters. The molecule has 1 fully saturated rings. The average molecular weight is 507 g/mol. The fraction of sp³-hybridized carbons (Fsp3) is 0.467. The molecule has 0 bridgehead atoms. The summed E-state index contributed by atoms with van der Waals surface area (Å²) < 4.78 is 19.8. The lowest BCUT2D eigenvalue weighted by Crippen LogP contribution is -2.22. The van der Waals surface area contributed by atoms with Crippen molar-refractivity contribution < 1.29 is 13.9 Å². The molecule has 1 aliphatic rings. The number of aryl methyl sites for hydroxylation is 1. The second-order valence-electron chi connectivity index (χ2n) is 10.0. The van der Waals surface area contributed by atoms with Gasteiger partial charge in [-0.15, -0.1) is 0 Å². The molecule has 0 radical (unpaired) electrons. The highest BCUT2D eigenvalue weighted by Gasteiger charge is 2.26. The summed E-state index contributed by atoms with van der Waals surface area (Å²) in [5.74, 6) is 2.53. The monoisotopic (exact) mass is 506 g/mol. The van der Waals surface area contributed by atoms with Crippen LogP contribution in [0.4, 0.5) is 4.39 Å². The molecule has 0 saturated heterocycles. The molecule has 5 rings (SSSR count). The standard InChI is InChI=1S/C29H36N4O2.CH3F/c1-5-6-13-31(2)14-12-21-16-25-24(15-23(21)19-34)30-29(32(25)3)26-17-22-8-7-9-27(35-4)28(22)33(26)18-20-10-11-20;1-2/h7-9,15-17,19-20H,5-6,10-14,18H2,1-4H3;1H3. The van der Waals surface area contributed by atoms with Crippen molar-refractivity contribution in [3.8, 4) is 17.3 Å². The number of ether oxygens (including phenoxy) is 1. The summed E-state index contributed by atoms with van der Waals surface area (Å²) >= 11 is 0. The smallest absolute Gasteiger partial charge is 0.157 e. The number of rotatable bonds is 11. The van der Waals surface area contributed by atoms with Crippen molar-refractivity contribution in [3.63, 3.8) is 0 Å². The van der Waals surface area contributed by atoms with Crippen LogP contribution >= 0.6 is 0 Å². The van der Waals surface area contributed by atoms with E-state index in [4.69, 9.17) is 9.72 Å². The van der Waals surface area contributed by atoms with Crippen LogP contribution in [0.1, 0.15) is 48.5 Å². The van der Waals surface area contributed by atoms with E-state index in [1.54, 1.807) is 7.11 Å². The van der Waals surface area contributed by atoms with E-state index in [1.807, 2.05) is 18.2 Å². The molecule has 0 amide bonds. The molecule has 198 valence electrons. The minimum atomic E-state index is 0.500. The predicted octanol–water partition coefficient (Wildman–Crippen LogP) is 6.29. The van der Waals surface area contributed by atoms with Gasteiger partial charge in [-0.05, 0) is 75.0 Å². The highest BCUT2D eigenvalue weighted by molar-refractivity contribution is 5.93. The normalized spacial score (nSPS) is 13.3. The molecule has 7 heteroatoms. The van der Waals surface area contributed by atoms with Gasteiger partial charge >= 0.3 is 0 Å². The number of likely N-dealkylation sites (N-methyl/N-ethyl adjacent to an activating group) is 1.